The van der Waals surface area contributed by atoms with Gasteiger partial charge in [0, 0.05) is 15.4 Å². The first-order valence-corrected chi connectivity index (χ1v) is 11.0. The summed E-state index contributed by atoms with van der Waals surface area (Å²) in [6.07, 6.45) is 0. The lowest BCUT2D eigenvalue weighted by atomic mass is 10.1. The molecule has 0 spiro atoms. The van der Waals surface area contributed by atoms with Crippen LogP contribution in [0.15, 0.2) is 86.6 Å². The van der Waals surface area contributed by atoms with Crippen molar-refractivity contribution in [2.75, 3.05) is 0 Å². The second-order valence-electron chi connectivity index (χ2n) is 6.54. The van der Waals surface area contributed by atoms with E-state index in [4.69, 9.17) is 4.42 Å². The van der Waals surface area contributed by atoms with Crippen molar-refractivity contribution in [1.82, 2.24) is 4.72 Å². The Labute approximate surface area is 176 Å². The van der Waals surface area contributed by atoms with E-state index in [2.05, 4.69) is 20.7 Å². The zero-order chi connectivity index (χ0) is 20.6. The summed E-state index contributed by atoms with van der Waals surface area (Å²) in [6.45, 7) is 1.89. The fourth-order valence-electron chi connectivity index (χ4n) is 3.17. The van der Waals surface area contributed by atoms with Crippen LogP contribution in [-0.4, -0.2) is 14.3 Å². The molecule has 0 atom stereocenters. The lowest BCUT2D eigenvalue weighted by Crippen LogP contribution is -2.30. The van der Waals surface area contributed by atoms with Crippen molar-refractivity contribution in [3.8, 4) is 11.1 Å². The van der Waals surface area contributed by atoms with Crippen LogP contribution in [-0.2, 0) is 10.0 Å². The second kappa shape index (κ2) is 7.50. The molecule has 0 aliphatic rings. The summed E-state index contributed by atoms with van der Waals surface area (Å²) in [5.74, 6) is -0.887. The van der Waals surface area contributed by atoms with Gasteiger partial charge in [-0.1, -0.05) is 64.5 Å². The van der Waals surface area contributed by atoms with E-state index in [1.54, 1.807) is 30.3 Å². The van der Waals surface area contributed by atoms with Gasteiger partial charge in [-0.15, -0.1) is 0 Å². The van der Waals surface area contributed by atoms with Crippen molar-refractivity contribution in [2.45, 2.75) is 11.8 Å². The molecule has 0 unspecified atom stereocenters. The Morgan fingerprint density at radius 1 is 0.966 bits per heavy atom. The summed E-state index contributed by atoms with van der Waals surface area (Å²) in [5, 5.41) is 0.750. The number of nitrogens with one attached hydrogen (secondary N) is 1. The number of carbonyl (C=O) groups is 1. The van der Waals surface area contributed by atoms with E-state index in [0.29, 0.717) is 11.1 Å². The molecule has 3 aromatic carbocycles. The Hall–Kier alpha value is -2.90. The highest BCUT2D eigenvalue weighted by molar-refractivity contribution is 9.10. The summed E-state index contributed by atoms with van der Waals surface area (Å²) in [5.41, 5.74) is 2.67. The van der Waals surface area contributed by atoms with Crippen LogP contribution < -0.4 is 4.72 Å². The second-order valence-corrected chi connectivity index (χ2v) is 9.11. The number of carbonyl (C=O) groups excluding carboxylic acids is 1. The molecule has 29 heavy (non-hydrogen) atoms. The average Bonchev–Trinajstić information content (AvgIpc) is 3.13. The quantitative estimate of drug-likeness (QED) is 0.440. The third kappa shape index (κ3) is 3.83. The number of fused-ring (bicyclic) bond motifs is 1. The topological polar surface area (TPSA) is 76.4 Å². The van der Waals surface area contributed by atoms with Gasteiger partial charge in [0.2, 0.25) is 0 Å². The standard InChI is InChI=1S/C22H16BrNO4S/c1-14-11-16(23)12-19-18(14)13-20(28-19)22(25)24-29(26,27)21-10-6-5-9-17(21)15-7-3-2-4-8-15/h2-13H,1H3,(H,24,25). The average molecular weight is 470 g/mol. The minimum Gasteiger partial charge on any atom is -0.451 e. The zero-order valence-corrected chi connectivity index (χ0v) is 17.7. The third-order valence-corrected chi connectivity index (χ3v) is 6.37. The third-order valence-electron chi connectivity index (χ3n) is 4.52. The smallest absolute Gasteiger partial charge is 0.300 e. The van der Waals surface area contributed by atoms with E-state index in [0.717, 1.165) is 21.0 Å². The monoisotopic (exact) mass is 469 g/mol. The number of hydrogen-bond donors (Lipinski definition) is 1. The van der Waals surface area contributed by atoms with Gasteiger partial charge in [-0.25, -0.2) is 13.1 Å². The Kier molecular flexibility index (Phi) is 5.02. The molecular weight excluding hydrogens is 454 g/mol. The predicted molar refractivity (Wildman–Crippen MR) is 115 cm³/mol. The molecule has 5 nitrogen and oxygen atoms in total. The number of hydrogen-bond acceptors (Lipinski definition) is 4. The normalized spacial score (nSPS) is 11.5. The Balaban J connectivity index is 1.70. The van der Waals surface area contributed by atoms with Crippen LogP contribution in [0.5, 0.6) is 0 Å². The van der Waals surface area contributed by atoms with Gasteiger partial charge in [0.1, 0.15) is 5.58 Å². The maximum atomic E-state index is 13.0. The molecule has 1 heterocycles. The van der Waals surface area contributed by atoms with Gasteiger partial charge in [0.05, 0.1) is 4.90 Å². The molecule has 146 valence electrons. The Bertz CT molecular complexity index is 1330. The van der Waals surface area contributed by atoms with Crippen molar-refractivity contribution < 1.29 is 17.6 Å². The molecule has 0 saturated carbocycles. The van der Waals surface area contributed by atoms with E-state index < -0.39 is 15.9 Å². The molecule has 0 fully saturated rings. The number of furan rings is 1. The number of aryl methyl sites for hydroxylation is 1. The number of halogens is 1. The van der Waals surface area contributed by atoms with Crippen molar-refractivity contribution in [2.24, 2.45) is 0 Å². The highest BCUT2D eigenvalue weighted by atomic mass is 79.9. The first-order chi connectivity index (χ1) is 13.8. The molecular formula is C22H16BrNO4S. The van der Waals surface area contributed by atoms with E-state index in [1.165, 1.54) is 6.07 Å². The van der Waals surface area contributed by atoms with E-state index in [1.807, 2.05) is 43.3 Å². The maximum absolute atomic E-state index is 13.0. The fraction of sp³-hybridized carbons (Fsp3) is 0.0455. The largest absolute Gasteiger partial charge is 0.451 e. The summed E-state index contributed by atoms with van der Waals surface area (Å²) >= 11 is 3.38. The molecule has 0 saturated heterocycles. The van der Waals surface area contributed by atoms with Gasteiger partial charge >= 0.3 is 5.91 Å². The molecule has 4 rings (SSSR count). The van der Waals surface area contributed by atoms with Crippen LogP contribution in [0.1, 0.15) is 16.1 Å². The van der Waals surface area contributed by atoms with Crippen molar-refractivity contribution >= 4 is 42.8 Å². The van der Waals surface area contributed by atoms with Gasteiger partial charge < -0.3 is 4.42 Å². The van der Waals surface area contributed by atoms with Crippen molar-refractivity contribution in [3.05, 3.63) is 88.6 Å². The summed E-state index contributed by atoms with van der Waals surface area (Å²) in [6, 6.07) is 20.9. The zero-order valence-electron chi connectivity index (χ0n) is 15.3. The highest BCUT2D eigenvalue weighted by Crippen LogP contribution is 2.29. The number of sulfonamides is 1. The molecule has 1 aromatic heterocycles. The molecule has 7 heteroatoms. The molecule has 1 N–H and O–H groups in total. The van der Waals surface area contributed by atoms with Crippen molar-refractivity contribution in [1.29, 1.82) is 0 Å². The van der Waals surface area contributed by atoms with Gasteiger partial charge in [-0.05, 0) is 42.3 Å². The van der Waals surface area contributed by atoms with Crippen LogP contribution in [0.2, 0.25) is 0 Å². The maximum Gasteiger partial charge on any atom is 0.300 e. The predicted octanol–water partition coefficient (Wildman–Crippen LogP) is 5.29. The first-order valence-electron chi connectivity index (χ1n) is 8.76. The van der Waals surface area contributed by atoms with E-state index in [-0.39, 0.29) is 10.7 Å². The lowest BCUT2D eigenvalue weighted by Gasteiger charge is -2.11. The first kappa shape index (κ1) is 19.4. The number of amides is 1. The number of benzene rings is 3. The molecule has 0 radical (unpaired) electrons. The minimum absolute atomic E-state index is 0.0228. The number of rotatable bonds is 4. The Morgan fingerprint density at radius 3 is 2.41 bits per heavy atom. The summed E-state index contributed by atoms with van der Waals surface area (Å²) in [4.78, 5) is 12.7. The summed E-state index contributed by atoms with van der Waals surface area (Å²) in [7, 11) is -4.11. The van der Waals surface area contributed by atoms with Crippen molar-refractivity contribution in [3.63, 3.8) is 0 Å². The van der Waals surface area contributed by atoms with Gasteiger partial charge in [0.15, 0.2) is 5.76 Å². The highest BCUT2D eigenvalue weighted by Gasteiger charge is 2.24. The van der Waals surface area contributed by atoms with Crippen LogP contribution in [0.3, 0.4) is 0 Å². The minimum atomic E-state index is -4.11. The molecule has 0 bridgehead atoms. The molecule has 4 aromatic rings. The molecule has 1 amide bonds. The van der Waals surface area contributed by atoms with E-state index in [9.17, 15) is 13.2 Å². The van der Waals surface area contributed by atoms with Crippen LogP contribution in [0.4, 0.5) is 0 Å². The molecule has 0 aliphatic carbocycles. The lowest BCUT2D eigenvalue weighted by molar-refractivity contribution is 0.0956. The van der Waals surface area contributed by atoms with Gasteiger partial charge in [0.25, 0.3) is 10.0 Å². The summed E-state index contributed by atoms with van der Waals surface area (Å²) < 4.78 is 34.4. The fourth-order valence-corrected chi connectivity index (χ4v) is 4.91. The van der Waals surface area contributed by atoms with Crippen LogP contribution in [0, 0.1) is 6.92 Å². The SMILES string of the molecule is Cc1cc(Br)cc2oc(C(=O)NS(=O)(=O)c3ccccc3-c3ccccc3)cc12. The van der Waals surface area contributed by atoms with Crippen LogP contribution >= 0.6 is 15.9 Å². The van der Waals surface area contributed by atoms with Crippen LogP contribution in [0.25, 0.3) is 22.1 Å². The van der Waals surface area contributed by atoms with Gasteiger partial charge in [-0.2, -0.15) is 0 Å². The molecule has 0 aliphatic heterocycles. The Morgan fingerprint density at radius 2 is 1.66 bits per heavy atom. The van der Waals surface area contributed by atoms with Gasteiger partial charge in [-0.3, -0.25) is 4.79 Å². The van der Waals surface area contributed by atoms with E-state index >= 15 is 0 Å².